The number of halogens is 2. The minimum absolute atomic E-state index is 0.159. The molecule has 1 saturated heterocycles. The first kappa shape index (κ1) is 13.5. The van der Waals surface area contributed by atoms with Crippen LogP contribution in [-0.4, -0.2) is 36.7 Å². The van der Waals surface area contributed by atoms with Gasteiger partial charge in [0, 0.05) is 24.9 Å². The van der Waals surface area contributed by atoms with Crippen LogP contribution in [0.3, 0.4) is 0 Å². The lowest BCUT2D eigenvalue weighted by Crippen LogP contribution is -2.52. The Labute approximate surface area is 105 Å². The molecule has 1 aliphatic carbocycles. The van der Waals surface area contributed by atoms with E-state index in [1.54, 1.807) is 20.8 Å². The quantitative estimate of drug-likeness (QED) is 0.759. The Morgan fingerprint density at radius 3 is 2.39 bits per heavy atom. The third-order valence-electron chi connectivity index (χ3n) is 3.45. The van der Waals surface area contributed by atoms with Crippen molar-refractivity contribution in [2.45, 2.75) is 51.2 Å². The third-order valence-corrected chi connectivity index (χ3v) is 3.45. The summed E-state index contributed by atoms with van der Waals surface area (Å²) in [5.41, 5.74) is -1.02. The molecule has 0 radical (unpaired) electrons. The minimum atomic E-state index is -2.85. The predicted octanol–water partition coefficient (Wildman–Crippen LogP) is 1.90. The molecule has 0 bridgehead atoms. The summed E-state index contributed by atoms with van der Waals surface area (Å²) in [6.07, 6.45) is -0.615. The average molecular weight is 262 g/mol. The van der Waals surface area contributed by atoms with Crippen LogP contribution in [0, 0.1) is 5.41 Å². The number of carbonyl (C=O) groups is 1. The number of alkyl halides is 2. The number of hydrogen-bond acceptors (Lipinski definition) is 3. The molecule has 0 aromatic heterocycles. The fourth-order valence-electron chi connectivity index (χ4n) is 2.63. The summed E-state index contributed by atoms with van der Waals surface area (Å²) in [5.74, 6) is -2.85. The van der Waals surface area contributed by atoms with Gasteiger partial charge in [-0.25, -0.2) is 13.6 Å². The van der Waals surface area contributed by atoms with Gasteiger partial charge in [-0.2, -0.15) is 0 Å². The van der Waals surface area contributed by atoms with Crippen LogP contribution in [0.4, 0.5) is 13.6 Å². The second-order valence-corrected chi connectivity index (χ2v) is 6.44. The number of amides is 1. The van der Waals surface area contributed by atoms with Gasteiger partial charge in [-0.3, -0.25) is 0 Å². The Morgan fingerprint density at radius 2 is 2.00 bits per heavy atom. The summed E-state index contributed by atoms with van der Waals surface area (Å²) in [4.78, 5) is 11.5. The van der Waals surface area contributed by atoms with Crippen molar-refractivity contribution < 1.29 is 18.3 Å². The molecule has 2 aliphatic rings. The van der Waals surface area contributed by atoms with Gasteiger partial charge < -0.3 is 15.4 Å². The van der Waals surface area contributed by atoms with E-state index >= 15 is 0 Å². The maximum atomic E-state index is 13.8. The van der Waals surface area contributed by atoms with Crippen LogP contribution < -0.4 is 10.6 Å². The van der Waals surface area contributed by atoms with Crippen molar-refractivity contribution in [1.82, 2.24) is 10.6 Å². The van der Waals surface area contributed by atoms with Crippen molar-refractivity contribution in [3.63, 3.8) is 0 Å². The van der Waals surface area contributed by atoms with Gasteiger partial charge in [0.1, 0.15) is 5.60 Å². The Hall–Kier alpha value is -0.910. The second kappa shape index (κ2) is 4.05. The van der Waals surface area contributed by atoms with Crippen LogP contribution in [0.1, 0.15) is 33.6 Å². The largest absolute Gasteiger partial charge is 0.444 e. The number of nitrogens with one attached hydrogen (secondary N) is 2. The number of rotatable bonds is 1. The van der Waals surface area contributed by atoms with E-state index < -0.39 is 23.7 Å². The summed E-state index contributed by atoms with van der Waals surface area (Å²) in [5, 5.41) is 5.33. The Bertz CT molecular complexity index is 348. The average Bonchev–Trinajstić information content (AvgIpc) is 2.34. The molecule has 4 nitrogen and oxygen atoms in total. The van der Waals surface area contributed by atoms with Gasteiger partial charge in [-0.1, -0.05) is 0 Å². The van der Waals surface area contributed by atoms with E-state index in [1.165, 1.54) is 0 Å². The summed E-state index contributed by atoms with van der Waals surface area (Å²) in [6.45, 7) is 6.33. The summed E-state index contributed by atoms with van der Waals surface area (Å²) < 4.78 is 32.7. The molecule has 6 heteroatoms. The maximum absolute atomic E-state index is 13.8. The Morgan fingerprint density at radius 1 is 1.39 bits per heavy atom. The lowest BCUT2D eigenvalue weighted by molar-refractivity contribution is -0.0335. The third kappa shape index (κ3) is 2.74. The molecule has 1 aliphatic heterocycles. The van der Waals surface area contributed by atoms with Gasteiger partial charge in [-0.15, -0.1) is 0 Å². The first-order valence-electron chi connectivity index (χ1n) is 6.20. The van der Waals surface area contributed by atoms with Crippen molar-refractivity contribution in [1.29, 1.82) is 0 Å². The first-order chi connectivity index (χ1) is 8.12. The molecule has 0 aromatic carbocycles. The molecule has 1 unspecified atom stereocenters. The second-order valence-electron chi connectivity index (χ2n) is 6.44. The smallest absolute Gasteiger partial charge is 0.408 e. The topological polar surface area (TPSA) is 50.4 Å². The summed E-state index contributed by atoms with van der Waals surface area (Å²) in [7, 11) is 0. The standard InChI is InChI=1S/C12H20F2N2O2/c1-10(2,3)18-9(17)16-8-4-11(6-15-7-11)5-12(8,13)14/h8,15H,4-7H2,1-3H3,(H,16,17). The summed E-state index contributed by atoms with van der Waals surface area (Å²) >= 11 is 0. The summed E-state index contributed by atoms with van der Waals surface area (Å²) in [6, 6.07) is -1.12. The molecule has 1 atom stereocenters. The van der Waals surface area contributed by atoms with Crippen LogP contribution in [-0.2, 0) is 4.74 Å². The SMILES string of the molecule is CC(C)(C)OC(=O)NC1CC2(CNC2)CC1(F)F. The van der Waals surface area contributed by atoms with Gasteiger partial charge in [0.05, 0.1) is 6.04 Å². The molecule has 2 fully saturated rings. The van der Waals surface area contributed by atoms with Crippen molar-refractivity contribution in [3.8, 4) is 0 Å². The van der Waals surface area contributed by atoms with Crippen molar-refractivity contribution in [2.24, 2.45) is 5.41 Å². The molecule has 2 rings (SSSR count). The molecule has 104 valence electrons. The highest BCUT2D eigenvalue weighted by atomic mass is 19.3. The van der Waals surface area contributed by atoms with E-state index in [0.717, 1.165) is 0 Å². The van der Waals surface area contributed by atoms with Crippen molar-refractivity contribution in [3.05, 3.63) is 0 Å². The number of ether oxygens (including phenoxy) is 1. The molecule has 2 N–H and O–H groups in total. The molecule has 18 heavy (non-hydrogen) atoms. The van der Waals surface area contributed by atoms with Crippen LogP contribution in [0.25, 0.3) is 0 Å². The zero-order valence-electron chi connectivity index (χ0n) is 11.0. The number of carbonyl (C=O) groups excluding carboxylic acids is 1. The minimum Gasteiger partial charge on any atom is -0.444 e. The highest BCUT2D eigenvalue weighted by Gasteiger charge is 2.59. The zero-order chi connectivity index (χ0) is 13.6. The Kier molecular flexibility index (Phi) is 3.04. The zero-order valence-corrected chi connectivity index (χ0v) is 11.0. The van der Waals surface area contributed by atoms with Crippen LogP contribution >= 0.6 is 0 Å². The highest BCUT2D eigenvalue weighted by molar-refractivity contribution is 5.68. The van der Waals surface area contributed by atoms with Gasteiger partial charge in [0.15, 0.2) is 0 Å². The molecule has 1 heterocycles. The normalized spacial score (nSPS) is 28.8. The molecule has 1 saturated carbocycles. The van der Waals surface area contributed by atoms with E-state index in [4.69, 9.17) is 4.74 Å². The molecular weight excluding hydrogens is 242 g/mol. The van der Waals surface area contributed by atoms with Gasteiger partial charge in [0.25, 0.3) is 5.92 Å². The number of hydrogen-bond donors (Lipinski definition) is 2. The molecule has 1 spiro atoms. The first-order valence-corrected chi connectivity index (χ1v) is 6.20. The molecule has 1 amide bonds. The maximum Gasteiger partial charge on any atom is 0.408 e. The van der Waals surface area contributed by atoms with E-state index in [0.29, 0.717) is 19.5 Å². The van der Waals surface area contributed by atoms with Gasteiger partial charge in [-0.05, 0) is 27.2 Å². The van der Waals surface area contributed by atoms with Crippen molar-refractivity contribution in [2.75, 3.05) is 13.1 Å². The van der Waals surface area contributed by atoms with Gasteiger partial charge >= 0.3 is 6.09 Å². The van der Waals surface area contributed by atoms with Crippen molar-refractivity contribution >= 4 is 6.09 Å². The number of alkyl carbamates (subject to hydrolysis) is 1. The molecular formula is C12H20F2N2O2. The predicted molar refractivity (Wildman–Crippen MR) is 62.6 cm³/mol. The monoisotopic (exact) mass is 262 g/mol. The van der Waals surface area contributed by atoms with Crippen LogP contribution in [0.2, 0.25) is 0 Å². The van der Waals surface area contributed by atoms with E-state index in [2.05, 4.69) is 10.6 Å². The lowest BCUT2D eigenvalue weighted by Gasteiger charge is -2.39. The van der Waals surface area contributed by atoms with E-state index in [-0.39, 0.29) is 11.8 Å². The van der Waals surface area contributed by atoms with Crippen LogP contribution in [0.5, 0.6) is 0 Å². The lowest BCUT2D eigenvalue weighted by atomic mass is 9.80. The van der Waals surface area contributed by atoms with E-state index in [9.17, 15) is 13.6 Å². The van der Waals surface area contributed by atoms with E-state index in [1.807, 2.05) is 0 Å². The molecule has 0 aromatic rings. The highest BCUT2D eigenvalue weighted by Crippen LogP contribution is 2.49. The van der Waals surface area contributed by atoms with Crippen LogP contribution in [0.15, 0.2) is 0 Å². The van der Waals surface area contributed by atoms with Gasteiger partial charge in [0.2, 0.25) is 0 Å². The fourth-order valence-corrected chi connectivity index (χ4v) is 2.63. The Balaban J connectivity index is 1.95. The fraction of sp³-hybridized carbons (Fsp3) is 0.917.